The van der Waals surface area contributed by atoms with Gasteiger partial charge in [0, 0.05) is 25.1 Å². The van der Waals surface area contributed by atoms with E-state index in [0.29, 0.717) is 6.42 Å². The number of benzene rings is 1. The number of para-hydroxylation sites is 1. The third kappa shape index (κ3) is 3.94. The molecule has 2 aromatic rings. The summed E-state index contributed by atoms with van der Waals surface area (Å²) in [5.41, 5.74) is 1.52. The van der Waals surface area contributed by atoms with E-state index in [9.17, 15) is 13.2 Å². The number of nitrogens with one attached hydrogen (secondary N) is 1. The number of alkyl halides is 3. The SMILES string of the molecule is OCCCN(Cc1cccc2cn[nH]c12)CC(F)(F)F. The fourth-order valence-electron chi connectivity index (χ4n) is 2.16. The Morgan fingerprint density at radius 1 is 1.30 bits per heavy atom. The van der Waals surface area contributed by atoms with Crippen molar-refractivity contribution >= 4 is 10.9 Å². The molecule has 4 nitrogen and oxygen atoms in total. The molecule has 0 unspecified atom stereocenters. The first kappa shape index (κ1) is 14.8. The molecule has 0 spiro atoms. The zero-order valence-electron chi connectivity index (χ0n) is 10.8. The van der Waals surface area contributed by atoms with Crippen molar-refractivity contribution in [2.45, 2.75) is 19.1 Å². The van der Waals surface area contributed by atoms with Gasteiger partial charge < -0.3 is 5.11 Å². The van der Waals surface area contributed by atoms with E-state index in [2.05, 4.69) is 10.2 Å². The number of aliphatic hydroxyl groups excluding tert-OH is 1. The predicted octanol–water partition coefficient (Wildman–Crippen LogP) is 2.31. The molecule has 0 radical (unpaired) electrons. The topological polar surface area (TPSA) is 52.1 Å². The summed E-state index contributed by atoms with van der Waals surface area (Å²) in [5, 5.41) is 16.4. The minimum atomic E-state index is -4.25. The van der Waals surface area contributed by atoms with Crippen LogP contribution in [0.1, 0.15) is 12.0 Å². The number of fused-ring (bicyclic) bond motifs is 1. The van der Waals surface area contributed by atoms with Crippen LogP contribution in [0.2, 0.25) is 0 Å². The fourth-order valence-corrected chi connectivity index (χ4v) is 2.16. The van der Waals surface area contributed by atoms with Crippen LogP contribution in [0.3, 0.4) is 0 Å². The van der Waals surface area contributed by atoms with Gasteiger partial charge in [-0.05, 0) is 12.0 Å². The Kier molecular flexibility index (Phi) is 4.61. The van der Waals surface area contributed by atoms with Gasteiger partial charge in [-0.15, -0.1) is 0 Å². The molecule has 2 rings (SSSR count). The van der Waals surface area contributed by atoms with Gasteiger partial charge in [0.15, 0.2) is 0 Å². The van der Waals surface area contributed by atoms with E-state index in [1.165, 1.54) is 4.90 Å². The zero-order chi connectivity index (χ0) is 14.6. The number of aromatic amines is 1. The molecule has 20 heavy (non-hydrogen) atoms. The second kappa shape index (κ2) is 6.23. The van der Waals surface area contributed by atoms with Gasteiger partial charge in [-0.2, -0.15) is 18.3 Å². The third-order valence-electron chi connectivity index (χ3n) is 2.99. The Morgan fingerprint density at radius 2 is 2.10 bits per heavy atom. The van der Waals surface area contributed by atoms with Crippen LogP contribution in [0.25, 0.3) is 10.9 Å². The van der Waals surface area contributed by atoms with Crippen LogP contribution in [0.15, 0.2) is 24.4 Å². The molecule has 1 aromatic carbocycles. The first-order valence-corrected chi connectivity index (χ1v) is 6.30. The molecule has 0 saturated heterocycles. The van der Waals surface area contributed by atoms with Gasteiger partial charge in [0.2, 0.25) is 0 Å². The van der Waals surface area contributed by atoms with Gasteiger partial charge >= 0.3 is 6.18 Å². The van der Waals surface area contributed by atoms with E-state index < -0.39 is 12.7 Å². The molecule has 0 bridgehead atoms. The highest BCUT2D eigenvalue weighted by atomic mass is 19.4. The summed E-state index contributed by atoms with van der Waals surface area (Å²) in [5.74, 6) is 0. The number of hydrogen-bond donors (Lipinski definition) is 2. The van der Waals surface area contributed by atoms with Gasteiger partial charge in [0.05, 0.1) is 18.3 Å². The summed E-state index contributed by atoms with van der Waals surface area (Å²) in [6.07, 6.45) is -2.30. The molecule has 1 aromatic heterocycles. The standard InChI is InChI=1S/C13H16F3N3O/c14-13(15,16)9-19(5-2-6-20)8-11-4-1-3-10-7-17-18-12(10)11/h1,3-4,7,20H,2,5-6,8-9H2,(H,17,18). The number of hydrogen-bond acceptors (Lipinski definition) is 3. The first-order valence-electron chi connectivity index (χ1n) is 6.30. The lowest BCUT2D eigenvalue weighted by Crippen LogP contribution is -2.35. The van der Waals surface area contributed by atoms with Crippen molar-refractivity contribution in [2.24, 2.45) is 0 Å². The van der Waals surface area contributed by atoms with Gasteiger partial charge in [-0.1, -0.05) is 18.2 Å². The molecular formula is C13H16F3N3O. The van der Waals surface area contributed by atoms with Crippen molar-refractivity contribution in [3.8, 4) is 0 Å². The maximum absolute atomic E-state index is 12.6. The normalized spacial score (nSPS) is 12.4. The van der Waals surface area contributed by atoms with Crippen LogP contribution in [0.5, 0.6) is 0 Å². The molecule has 0 aliphatic rings. The Balaban J connectivity index is 2.15. The number of H-pyrrole nitrogens is 1. The van der Waals surface area contributed by atoms with Crippen LogP contribution >= 0.6 is 0 Å². The Labute approximate surface area is 114 Å². The van der Waals surface area contributed by atoms with Crippen molar-refractivity contribution in [3.05, 3.63) is 30.0 Å². The molecule has 110 valence electrons. The van der Waals surface area contributed by atoms with Crippen LogP contribution in [-0.2, 0) is 6.54 Å². The summed E-state index contributed by atoms with van der Waals surface area (Å²) in [6, 6.07) is 5.43. The average molecular weight is 287 g/mol. The van der Waals surface area contributed by atoms with E-state index in [1.54, 1.807) is 18.3 Å². The van der Waals surface area contributed by atoms with E-state index >= 15 is 0 Å². The number of nitrogens with zero attached hydrogens (tertiary/aromatic N) is 2. The highest BCUT2D eigenvalue weighted by molar-refractivity contribution is 5.81. The lowest BCUT2D eigenvalue weighted by Gasteiger charge is -2.23. The molecule has 7 heteroatoms. The lowest BCUT2D eigenvalue weighted by molar-refractivity contribution is -0.147. The summed E-state index contributed by atoms with van der Waals surface area (Å²) in [6.45, 7) is -0.750. The smallest absolute Gasteiger partial charge is 0.396 e. The van der Waals surface area contributed by atoms with E-state index in [-0.39, 0.29) is 19.7 Å². The second-order valence-electron chi connectivity index (χ2n) is 4.65. The maximum Gasteiger partial charge on any atom is 0.401 e. The highest BCUT2D eigenvalue weighted by Crippen LogP contribution is 2.21. The van der Waals surface area contributed by atoms with Crippen molar-refractivity contribution in [1.82, 2.24) is 15.1 Å². The van der Waals surface area contributed by atoms with Crippen LogP contribution in [-0.4, -0.2) is 46.1 Å². The fraction of sp³-hybridized carbons (Fsp3) is 0.462. The second-order valence-corrected chi connectivity index (χ2v) is 4.65. The van der Waals surface area contributed by atoms with Crippen molar-refractivity contribution < 1.29 is 18.3 Å². The Morgan fingerprint density at radius 3 is 2.80 bits per heavy atom. The Hall–Kier alpha value is -1.60. The van der Waals surface area contributed by atoms with E-state index in [4.69, 9.17) is 5.11 Å². The monoisotopic (exact) mass is 287 g/mol. The van der Waals surface area contributed by atoms with Gasteiger partial charge in [0.1, 0.15) is 0 Å². The van der Waals surface area contributed by atoms with Gasteiger partial charge in [-0.25, -0.2) is 0 Å². The summed E-state index contributed by atoms with van der Waals surface area (Å²) >= 11 is 0. The predicted molar refractivity (Wildman–Crippen MR) is 69.1 cm³/mol. The molecule has 0 fully saturated rings. The molecule has 0 aliphatic heterocycles. The van der Waals surface area contributed by atoms with Gasteiger partial charge in [0.25, 0.3) is 0 Å². The number of halogens is 3. The van der Waals surface area contributed by atoms with E-state index in [0.717, 1.165) is 16.5 Å². The average Bonchev–Trinajstić information content (AvgIpc) is 2.83. The van der Waals surface area contributed by atoms with Crippen LogP contribution in [0.4, 0.5) is 13.2 Å². The molecule has 0 aliphatic carbocycles. The summed E-state index contributed by atoms with van der Waals surface area (Å²) in [7, 11) is 0. The minimum absolute atomic E-state index is 0.122. The van der Waals surface area contributed by atoms with Crippen molar-refractivity contribution in [2.75, 3.05) is 19.7 Å². The number of aliphatic hydroxyl groups is 1. The molecule has 2 N–H and O–H groups in total. The summed E-state index contributed by atoms with van der Waals surface area (Å²) < 4.78 is 37.7. The molecular weight excluding hydrogens is 271 g/mol. The molecule has 0 amide bonds. The minimum Gasteiger partial charge on any atom is -0.396 e. The quantitative estimate of drug-likeness (QED) is 0.857. The van der Waals surface area contributed by atoms with Crippen molar-refractivity contribution in [3.63, 3.8) is 0 Å². The lowest BCUT2D eigenvalue weighted by atomic mass is 10.1. The highest BCUT2D eigenvalue weighted by Gasteiger charge is 2.30. The Bertz CT molecular complexity index is 553. The van der Waals surface area contributed by atoms with Crippen LogP contribution < -0.4 is 0 Å². The maximum atomic E-state index is 12.6. The third-order valence-corrected chi connectivity index (χ3v) is 2.99. The zero-order valence-corrected chi connectivity index (χ0v) is 10.8. The number of aromatic nitrogens is 2. The summed E-state index contributed by atoms with van der Waals surface area (Å²) in [4.78, 5) is 1.28. The first-order chi connectivity index (χ1) is 9.49. The van der Waals surface area contributed by atoms with Crippen LogP contribution in [0, 0.1) is 0 Å². The molecule has 0 atom stereocenters. The van der Waals surface area contributed by atoms with Gasteiger partial charge in [-0.3, -0.25) is 10.00 Å². The van der Waals surface area contributed by atoms with E-state index in [1.807, 2.05) is 6.07 Å². The largest absolute Gasteiger partial charge is 0.401 e. The molecule has 1 heterocycles. The van der Waals surface area contributed by atoms with Crippen molar-refractivity contribution in [1.29, 1.82) is 0 Å². The molecule has 0 saturated carbocycles. The number of rotatable bonds is 6.